The van der Waals surface area contributed by atoms with E-state index < -0.39 is 23.6 Å². The van der Waals surface area contributed by atoms with E-state index in [1.807, 2.05) is 0 Å². The molecule has 0 aromatic heterocycles. The van der Waals surface area contributed by atoms with Crippen molar-refractivity contribution in [3.63, 3.8) is 0 Å². The van der Waals surface area contributed by atoms with Gasteiger partial charge in [-0.05, 0) is 31.0 Å². The molecule has 2 fully saturated rings. The quantitative estimate of drug-likeness (QED) is 0.818. The fraction of sp³-hybridized carbons (Fsp3) is 0.471. The molecule has 1 unspecified atom stereocenters. The molecular formula is C17H20FN3O4. The lowest BCUT2D eigenvalue weighted by Crippen LogP contribution is -2.39. The highest BCUT2D eigenvalue weighted by Crippen LogP contribution is 2.30. The van der Waals surface area contributed by atoms with Crippen molar-refractivity contribution in [1.29, 1.82) is 0 Å². The summed E-state index contributed by atoms with van der Waals surface area (Å²) in [6.07, 6.45) is 1.57. The van der Waals surface area contributed by atoms with Crippen LogP contribution >= 0.6 is 0 Å². The second-order valence-electron chi connectivity index (χ2n) is 6.48. The van der Waals surface area contributed by atoms with E-state index >= 15 is 0 Å². The molecule has 134 valence electrons. The van der Waals surface area contributed by atoms with Gasteiger partial charge in [-0.1, -0.05) is 6.92 Å². The first-order chi connectivity index (χ1) is 11.9. The summed E-state index contributed by atoms with van der Waals surface area (Å²) in [6.45, 7) is 2.49. The first kappa shape index (κ1) is 17.2. The zero-order valence-electron chi connectivity index (χ0n) is 13.9. The van der Waals surface area contributed by atoms with Gasteiger partial charge in [0, 0.05) is 31.4 Å². The molecule has 3 rings (SSSR count). The van der Waals surface area contributed by atoms with Crippen molar-refractivity contribution in [2.75, 3.05) is 24.5 Å². The van der Waals surface area contributed by atoms with E-state index in [9.17, 15) is 18.8 Å². The zero-order valence-corrected chi connectivity index (χ0v) is 13.9. The van der Waals surface area contributed by atoms with Gasteiger partial charge in [0.2, 0.25) is 0 Å². The monoisotopic (exact) mass is 349 g/mol. The van der Waals surface area contributed by atoms with Gasteiger partial charge in [-0.15, -0.1) is 0 Å². The predicted octanol–water partition coefficient (Wildman–Crippen LogP) is 1.68. The lowest BCUT2D eigenvalue weighted by Gasteiger charge is -2.25. The molecule has 2 aliphatic rings. The largest absolute Gasteiger partial charge is 0.481 e. The molecule has 1 saturated carbocycles. The van der Waals surface area contributed by atoms with Crippen molar-refractivity contribution in [3.05, 3.63) is 29.6 Å². The number of carboxylic acid groups (broad SMARTS) is 1. The SMILES string of the molecule is CC(CN(C(=O)c1cc(N2CCNC2=O)ccc1F)C1CC1)C(=O)O. The van der Waals surface area contributed by atoms with Crippen molar-refractivity contribution in [1.82, 2.24) is 10.2 Å². The van der Waals surface area contributed by atoms with Crippen molar-refractivity contribution in [2.24, 2.45) is 5.92 Å². The second-order valence-corrected chi connectivity index (χ2v) is 6.48. The number of hydrogen-bond acceptors (Lipinski definition) is 3. The summed E-state index contributed by atoms with van der Waals surface area (Å²) in [7, 11) is 0. The summed E-state index contributed by atoms with van der Waals surface area (Å²) in [4.78, 5) is 38.6. The highest BCUT2D eigenvalue weighted by molar-refractivity contribution is 5.99. The number of carbonyl (C=O) groups excluding carboxylic acids is 2. The third-order valence-electron chi connectivity index (χ3n) is 4.49. The molecule has 3 amide bonds. The van der Waals surface area contributed by atoms with Crippen LogP contribution in [0.25, 0.3) is 0 Å². The fourth-order valence-electron chi connectivity index (χ4n) is 2.87. The minimum Gasteiger partial charge on any atom is -0.481 e. The smallest absolute Gasteiger partial charge is 0.321 e. The van der Waals surface area contributed by atoms with Crippen LogP contribution in [0.2, 0.25) is 0 Å². The summed E-state index contributed by atoms with van der Waals surface area (Å²) in [5.74, 6) is -2.95. The number of benzene rings is 1. The van der Waals surface area contributed by atoms with Gasteiger partial charge in [0.1, 0.15) is 5.82 Å². The molecule has 0 radical (unpaired) electrons. The average Bonchev–Trinajstić information content (AvgIpc) is 3.33. The van der Waals surface area contributed by atoms with Gasteiger partial charge >= 0.3 is 12.0 Å². The van der Waals surface area contributed by atoms with E-state index in [0.29, 0.717) is 18.8 Å². The Kier molecular flexibility index (Phi) is 4.61. The highest BCUT2D eigenvalue weighted by Gasteiger charge is 2.36. The standard InChI is InChI=1S/C17H20FN3O4/c1-10(16(23)24)9-21(11-2-3-11)15(22)13-8-12(4-5-14(13)18)20-7-6-19-17(20)25/h4-5,8,10-11H,2-3,6-7,9H2,1H3,(H,19,25)(H,23,24). The van der Waals surface area contributed by atoms with Crippen LogP contribution in [-0.2, 0) is 4.79 Å². The number of halogens is 1. The number of carbonyl (C=O) groups is 3. The number of hydrogen-bond donors (Lipinski definition) is 2. The predicted molar refractivity (Wildman–Crippen MR) is 88.0 cm³/mol. The van der Waals surface area contributed by atoms with Crippen LogP contribution in [0.3, 0.4) is 0 Å². The first-order valence-corrected chi connectivity index (χ1v) is 8.27. The second kappa shape index (κ2) is 6.70. The molecule has 1 atom stereocenters. The number of rotatable bonds is 6. The molecule has 2 N–H and O–H groups in total. The molecule has 1 saturated heterocycles. The van der Waals surface area contributed by atoms with Gasteiger partial charge in [0.05, 0.1) is 11.5 Å². The number of nitrogens with zero attached hydrogens (tertiary/aromatic N) is 2. The molecule has 25 heavy (non-hydrogen) atoms. The Morgan fingerprint density at radius 3 is 2.72 bits per heavy atom. The van der Waals surface area contributed by atoms with Crippen LogP contribution in [0.1, 0.15) is 30.1 Å². The fourth-order valence-corrected chi connectivity index (χ4v) is 2.87. The van der Waals surface area contributed by atoms with Gasteiger partial charge in [-0.2, -0.15) is 0 Å². The van der Waals surface area contributed by atoms with E-state index in [0.717, 1.165) is 12.8 Å². The molecule has 1 aromatic carbocycles. The summed E-state index contributed by atoms with van der Waals surface area (Å²) in [5, 5.41) is 11.7. The van der Waals surface area contributed by atoms with Gasteiger partial charge in [-0.25, -0.2) is 9.18 Å². The number of urea groups is 1. The van der Waals surface area contributed by atoms with Crippen LogP contribution < -0.4 is 10.2 Å². The average molecular weight is 349 g/mol. The first-order valence-electron chi connectivity index (χ1n) is 8.27. The number of nitrogens with one attached hydrogen (secondary N) is 1. The summed E-state index contributed by atoms with van der Waals surface area (Å²) >= 11 is 0. The third-order valence-corrected chi connectivity index (χ3v) is 4.49. The lowest BCUT2D eigenvalue weighted by atomic mass is 10.1. The molecule has 0 spiro atoms. The zero-order chi connectivity index (χ0) is 18.1. The molecule has 0 bridgehead atoms. The van der Waals surface area contributed by atoms with Crippen molar-refractivity contribution in [2.45, 2.75) is 25.8 Å². The number of aliphatic carboxylic acids is 1. The van der Waals surface area contributed by atoms with E-state index in [2.05, 4.69) is 5.32 Å². The highest BCUT2D eigenvalue weighted by atomic mass is 19.1. The number of anilines is 1. The summed E-state index contributed by atoms with van der Waals surface area (Å²) < 4.78 is 14.3. The summed E-state index contributed by atoms with van der Waals surface area (Å²) in [5.41, 5.74) is 0.309. The summed E-state index contributed by atoms with van der Waals surface area (Å²) in [6, 6.07) is 3.65. The molecule has 8 heteroatoms. The molecule has 7 nitrogen and oxygen atoms in total. The minimum atomic E-state index is -0.999. The number of carboxylic acids is 1. The van der Waals surface area contributed by atoms with E-state index in [1.165, 1.54) is 34.9 Å². The molecule has 1 aromatic rings. The maximum absolute atomic E-state index is 14.3. The Bertz CT molecular complexity index is 720. The van der Waals surface area contributed by atoms with Crippen LogP contribution in [0, 0.1) is 11.7 Å². The van der Waals surface area contributed by atoms with Crippen molar-refractivity contribution in [3.8, 4) is 0 Å². The maximum atomic E-state index is 14.3. The number of amides is 3. The van der Waals surface area contributed by atoms with Crippen molar-refractivity contribution < 1.29 is 23.9 Å². The van der Waals surface area contributed by atoms with E-state index in [1.54, 1.807) is 0 Å². The van der Waals surface area contributed by atoms with Gasteiger partial charge in [-0.3, -0.25) is 14.5 Å². The van der Waals surface area contributed by atoms with Gasteiger partial charge < -0.3 is 15.3 Å². The Morgan fingerprint density at radius 2 is 2.16 bits per heavy atom. The Labute approximate surface area is 144 Å². The Morgan fingerprint density at radius 1 is 1.44 bits per heavy atom. The van der Waals surface area contributed by atoms with Crippen LogP contribution in [0.5, 0.6) is 0 Å². The maximum Gasteiger partial charge on any atom is 0.321 e. The van der Waals surface area contributed by atoms with E-state index in [4.69, 9.17) is 5.11 Å². The lowest BCUT2D eigenvalue weighted by molar-refractivity contribution is -0.141. The van der Waals surface area contributed by atoms with Crippen molar-refractivity contribution >= 4 is 23.6 Å². The molecule has 1 heterocycles. The minimum absolute atomic E-state index is 0.0344. The molecule has 1 aliphatic heterocycles. The van der Waals surface area contributed by atoms with Crippen LogP contribution in [0.15, 0.2) is 18.2 Å². The topological polar surface area (TPSA) is 90.0 Å². The molecular weight excluding hydrogens is 329 g/mol. The van der Waals surface area contributed by atoms with E-state index in [-0.39, 0.29) is 24.2 Å². The Balaban J connectivity index is 1.86. The normalized spacial score (nSPS) is 18.0. The third kappa shape index (κ3) is 3.57. The molecule has 1 aliphatic carbocycles. The van der Waals surface area contributed by atoms with Gasteiger partial charge in [0.25, 0.3) is 5.91 Å². The van der Waals surface area contributed by atoms with Crippen LogP contribution in [-0.4, -0.2) is 53.6 Å². The van der Waals surface area contributed by atoms with Gasteiger partial charge in [0.15, 0.2) is 0 Å². The Hall–Kier alpha value is -2.64. The van der Waals surface area contributed by atoms with Crippen LogP contribution in [0.4, 0.5) is 14.9 Å².